The number of rotatable bonds is 6. The standard InChI is InChI=1S/C14H23NO2/c1-5-11-8-12(10(2)6-7-15)14(17-4)13(9-11)16-3/h8-10H,5-7,15H2,1-4H3. The van der Waals surface area contributed by atoms with Crippen LogP contribution < -0.4 is 15.2 Å². The Morgan fingerprint density at radius 1 is 1.24 bits per heavy atom. The Kier molecular flexibility index (Phi) is 5.29. The van der Waals surface area contributed by atoms with Gasteiger partial charge in [0.25, 0.3) is 0 Å². The highest BCUT2D eigenvalue weighted by Gasteiger charge is 2.16. The quantitative estimate of drug-likeness (QED) is 0.827. The molecule has 3 heteroatoms. The number of hydrogen-bond acceptors (Lipinski definition) is 3. The van der Waals surface area contributed by atoms with E-state index in [9.17, 15) is 0 Å². The van der Waals surface area contributed by atoms with Crippen molar-refractivity contribution < 1.29 is 9.47 Å². The van der Waals surface area contributed by atoms with Gasteiger partial charge in [-0.05, 0) is 36.9 Å². The van der Waals surface area contributed by atoms with E-state index in [-0.39, 0.29) is 0 Å². The van der Waals surface area contributed by atoms with E-state index in [1.54, 1.807) is 14.2 Å². The fraction of sp³-hybridized carbons (Fsp3) is 0.571. The normalized spacial score (nSPS) is 12.3. The first-order chi connectivity index (χ1) is 8.17. The molecule has 2 N–H and O–H groups in total. The molecule has 0 fully saturated rings. The van der Waals surface area contributed by atoms with Crippen LogP contribution in [0.3, 0.4) is 0 Å². The number of ether oxygens (including phenoxy) is 2. The topological polar surface area (TPSA) is 44.5 Å². The lowest BCUT2D eigenvalue weighted by molar-refractivity contribution is 0.349. The molecule has 0 aliphatic rings. The summed E-state index contributed by atoms with van der Waals surface area (Å²) in [6, 6.07) is 4.24. The van der Waals surface area contributed by atoms with Gasteiger partial charge in [-0.3, -0.25) is 0 Å². The summed E-state index contributed by atoms with van der Waals surface area (Å²) < 4.78 is 10.9. The Morgan fingerprint density at radius 2 is 1.94 bits per heavy atom. The van der Waals surface area contributed by atoms with Gasteiger partial charge in [0, 0.05) is 5.56 Å². The lowest BCUT2D eigenvalue weighted by Gasteiger charge is -2.19. The van der Waals surface area contributed by atoms with E-state index in [1.165, 1.54) is 11.1 Å². The van der Waals surface area contributed by atoms with Crippen molar-refractivity contribution in [2.75, 3.05) is 20.8 Å². The second kappa shape index (κ2) is 6.50. The van der Waals surface area contributed by atoms with Crippen molar-refractivity contribution in [3.8, 4) is 11.5 Å². The maximum atomic E-state index is 5.63. The van der Waals surface area contributed by atoms with E-state index in [2.05, 4.69) is 19.9 Å². The molecule has 1 aromatic carbocycles. The summed E-state index contributed by atoms with van der Waals surface area (Å²) in [6.07, 6.45) is 1.94. The van der Waals surface area contributed by atoms with Gasteiger partial charge in [0.1, 0.15) is 0 Å². The molecule has 0 aliphatic heterocycles. The highest BCUT2D eigenvalue weighted by atomic mass is 16.5. The summed E-state index contributed by atoms with van der Waals surface area (Å²) >= 11 is 0. The van der Waals surface area contributed by atoms with Gasteiger partial charge in [0.05, 0.1) is 14.2 Å². The lowest BCUT2D eigenvalue weighted by atomic mass is 9.94. The van der Waals surface area contributed by atoms with Crippen LogP contribution in [0.25, 0.3) is 0 Å². The van der Waals surface area contributed by atoms with Crippen LogP contribution in [0.15, 0.2) is 12.1 Å². The Labute approximate surface area is 104 Å². The molecule has 0 amide bonds. The smallest absolute Gasteiger partial charge is 0.164 e. The molecule has 0 heterocycles. The van der Waals surface area contributed by atoms with Gasteiger partial charge in [-0.1, -0.05) is 19.9 Å². The Morgan fingerprint density at radius 3 is 2.41 bits per heavy atom. The van der Waals surface area contributed by atoms with Gasteiger partial charge >= 0.3 is 0 Å². The molecule has 0 aromatic heterocycles. The Balaban J connectivity index is 3.23. The van der Waals surface area contributed by atoms with Crippen LogP contribution in [0.5, 0.6) is 11.5 Å². The van der Waals surface area contributed by atoms with E-state index in [0.29, 0.717) is 12.5 Å². The zero-order valence-electron chi connectivity index (χ0n) is 11.2. The molecule has 0 saturated carbocycles. The molecule has 1 rings (SSSR count). The van der Waals surface area contributed by atoms with Gasteiger partial charge in [0.2, 0.25) is 0 Å². The van der Waals surface area contributed by atoms with Crippen molar-refractivity contribution in [3.05, 3.63) is 23.3 Å². The van der Waals surface area contributed by atoms with Crippen molar-refractivity contribution in [2.24, 2.45) is 5.73 Å². The number of nitrogens with two attached hydrogens (primary N) is 1. The molecular weight excluding hydrogens is 214 g/mol. The molecule has 96 valence electrons. The van der Waals surface area contributed by atoms with Crippen molar-refractivity contribution in [1.82, 2.24) is 0 Å². The molecule has 17 heavy (non-hydrogen) atoms. The lowest BCUT2D eigenvalue weighted by Crippen LogP contribution is -2.07. The van der Waals surface area contributed by atoms with Crippen LogP contribution in [-0.2, 0) is 6.42 Å². The monoisotopic (exact) mass is 237 g/mol. The van der Waals surface area contributed by atoms with Gasteiger partial charge < -0.3 is 15.2 Å². The number of benzene rings is 1. The van der Waals surface area contributed by atoms with E-state index in [1.807, 2.05) is 6.07 Å². The number of hydrogen-bond donors (Lipinski definition) is 1. The first-order valence-electron chi connectivity index (χ1n) is 6.12. The zero-order chi connectivity index (χ0) is 12.8. The fourth-order valence-corrected chi connectivity index (χ4v) is 2.03. The van der Waals surface area contributed by atoms with Crippen molar-refractivity contribution in [1.29, 1.82) is 0 Å². The van der Waals surface area contributed by atoms with Crippen LogP contribution in [0.4, 0.5) is 0 Å². The minimum Gasteiger partial charge on any atom is -0.493 e. The molecule has 1 unspecified atom stereocenters. The minimum absolute atomic E-state index is 0.385. The molecule has 3 nitrogen and oxygen atoms in total. The summed E-state index contributed by atoms with van der Waals surface area (Å²) in [5.41, 5.74) is 8.08. The second-order valence-electron chi connectivity index (χ2n) is 4.25. The SMILES string of the molecule is CCc1cc(OC)c(OC)c(C(C)CCN)c1. The first-order valence-corrected chi connectivity index (χ1v) is 6.12. The Bertz CT molecular complexity index is 363. The molecule has 1 atom stereocenters. The maximum absolute atomic E-state index is 5.63. The average Bonchev–Trinajstić information content (AvgIpc) is 2.37. The first kappa shape index (κ1) is 13.8. The minimum atomic E-state index is 0.385. The van der Waals surface area contributed by atoms with Crippen LogP contribution in [0.1, 0.15) is 37.3 Å². The summed E-state index contributed by atoms with van der Waals surface area (Å²) in [5.74, 6) is 2.03. The van der Waals surface area contributed by atoms with Crippen molar-refractivity contribution in [2.45, 2.75) is 32.6 Å². The summed E-state index contributed by atoms with van der Waals surface area (Å²) in [7, 11) is 3.36. The number of methoxy groups -OCH3 is 2. The predicted octanol–water partition coefficient (Wildman–Crippen LogP) is 2.72. The van der Waals surface area contributed by atoms with Crippen LogP contribution >= 0.6 is 0 Å². The molecule has 0 radical (unpaired) electrons. The van der Waals surface area contributed by atoms with Gasteiger partial charge in [-0.15, -0.1) is 0 Å². The zero-order valence-corrected chi connectivity index (χ0v) is 11.2. The molecule has 0 bridgehead atoms. The van der Waals surface area contributed by atoms with Crippen molar-refractivity contribution in [3.63, 3.8) is 0 Å². The summed E-state index contributed by atoms with van der Waals surface area (Å²) in [4.78, 5) is 0. The predicted molar refractivity (Wildman–Crippen MR) is 71.0 cm³/mol. The third-order valence-corrected chi connectivity index (χ3v) is 3.11. The average molecular weight is 237 g/mol. The molecule has 0 saturated heterocycles. The van der Waals surface area contributed by atoms with E-state index < -0.39 is 0 Å². The largest absolute Gasteiger partial charge is 0.493 e. The highest BCUT2D eigenvalue weighted by Crippen LogP contribution is 2.38. The van der Waals surface area contributed by atoms with Crippen molar-refractivity contribution >= 4 is 0 Å². The highest BCUT2D eigenvalue weighted by molar-refractivity contribution is 5.51. The molecule has 1 aromatic rings. The van der Waals surface area contributed by atoms with E-state index in [0.717, 1.165) is 24.3 Å². The van der Waals surface area contributed by atoms with Gasteiger partial charge in [-0.25, -0.2) is 0 Å². The van der Waals surface area contributed by atoms with Crippen LogP contribution in [0.2, 0.25) is 0 Å². The molecular formula is C14H23NO2. The Hall–Kier alpha value is -1.22. The fourth-order valence-electron chi connectivity index (χ4n) is 2.03. The third-order valence-electron chi connectivity index (χ3n) is 3.11. The third kappa shape index (κ3) is 3.13. The molecule has 0 aliphatic carbocycles. The van der Waals surface area contributed by atoms with E-state index in [4.69, 9.17) is 15.2 Å². The van der Waals surface area contributed by atoms with Gasteiger partial charge in [-0.2, -0.15) is 0 Å². The summed E-state index contributed by atoms with van der Waals surface area (Å²) in [5, 5.41) is 0. The summed E-state index contributed by atoms with van der Waals surface area (Å²) in [6.45, 7) is 4.99. The second-order valence-corrected chi connectivity index (χ2v) is 4.25. The molecule has 0 spiro atoms. The van der Waals surface area contributed by atoms with Crippen LogP contribution in [-0.4, -0.2) is 20.8 Å². The van der Waals surface area contributed by atoms with Crippen LogP contribution in [0, 0.1) is 0 Å². The van der Waals surface area contributed by atoms with E-state index >= 15 is 0 Å². The number of aryl methyl sites for hydroxylation is 1. The van der Waals surface area contributed by atoms with Gasteiger partial charge in [0.15, 0.2) is 11.5 Å². The maximum Gasteiger partial charge on any atom is 0.164 e.